The van der Waals surface area contributed by atoms with Crippen LogP contribution in [0.15, 0.2) is 18.7 Å². The SMILES string of the molecule is Cn1cnc(C(O)c2cnc(C(F)(F)F)s2)c1. The molecule has 2 rings (SSSR count). The third-order valence-corrected chi connectivity index (χ3v) is 3.14. The summed E-state index contributed by atoms with van der Waals surface area (Å²) < 4.78 is 38.6. The summed E-state index contributed by atoms with van der Waals surface area (Å²) in [6.45, 7) is 0. The number of aliphatic hydroxyl groups is 1. The van der Waals surface area contributed by atoms with Crippen molar-refractivity contribution < 1.29 is 18.3 Å². The van der Waals surface area contributed by atoms with Crippen molar-refractivity contribution in [3.63, 3.8) is 0 Å². The van der Waals surface area contributed by atoms with Gasteiger partial charge in [-0.3, -0.25) is 0 Å². The quantitative estimate of drug-likeness (QED) is 0.901. The van der Waals surface area contributed by atoms with Crippen LogP contribution in [0.2, 0.25) is 0 Å². The Morgan fingerprint density at radius 1 is 1.41 bits per heavy atom. The van der Waals surface area contributed by atoms with E-state index in [0.717, 1.165) is 6.20 Å². The van der Waals surface area contributed by atoms with Crippen LogP contribution in [0.4, 0.5) is 13.2 Å². The molecule has 1 atom stereocenters. The Hall–Kier alpha value is -1.41. The standard InChI is InChI=1S/C9H8F3N3OS/c1-15-3-5(14-4-15)7(16)6-2-13-8(17-6)9(10,11)12/h2-4,7,16H,1H3. The first kappa shape index (κ1) is 12.1. The Kier molecular flexibility index (Phi) is 2.92. The summed E-state index contributed by atoms with van der Waals surface area (Å²) in [5, 5.41) is 8.84. The van der Waals surface area contributed by atoms with Crippen molar-refractivity contribution >= 4 is 11.3 Å². The highest BCUT2D eigenvalue weighted by molar-refractivity contribution is 7.11. The van der Waals surface area contributed by atoms with Gasteiger partial charge in [0.1, 0.15) is 6.10 Å². The minimum absolute atomic E-state index is 0.121. The summed E-state index contributed by atoms with van der Waals surface area (Å²) in [7, 11) is 1.71. The molecular formula is C9H8F3N3OS. The highest BCUT2D eigenvalue weighted by Gasteiger charge is 2.35. The summed E-state index contributed by atoms with van der Waals surface area (Å²) in [5.41, 5.74) is 0.296. The van der Waals surface area contributed by atoms with Gasteiger partial charge in [0.15, 0.2) is 5.01 Å². The Morgan fingerprint density at radius 2 is 2.12 bits per heavy atom. The molecule has 2 aromatic rings. The second-order valence-electron chi connectivity index (χ2n) is 3.43. The van der Waals surface area contributed by atoms with Gasteiger partial charge in [0, 0.05) is 19.4 Å². The van der Waals surface area contributed by atoms with E-state index in [2.05, 4.69) is 9.97 Å². The maximum atomic E-state index is 12.3. The molecule has 0 spiro atoms. The number of alkyl halides is 3. The molecule has 17 heavy (non-hydrogen) atoms. The third-order valence-electron chi connectivity index (χ3n) is 2.04. The van der Waals surface area contributed by atoms with Gasteiger partial charge in [0.05, 0.1) is 16.9 Å². The molecule has 0 radical (unpaired) electrons. The van der Waals surface area contributed by atoms with Crippen LogP contribution in [0.1, 0.15) is 21.7 Å². The van der Waals surface area contributed by atoms with Crippen molar-refractivity contribution in [3.05, 3.63) is 34.3 Å². The maximum absolute atomic E-state index is 12.3. The smallest absolute Gasteiger partial charge is 0.381 e. The number of imidazole rings is 1. The lowest BCUT2D eigenvalue weighted by Gasteiger charge is -2.03. The molecule has 92 valence electrons. The molecule has 1 N–H and O–H groups in total. The zero-order chi connectivity index (χ0) is 12.6. The fourth-order valence-electron chi connectivity index (χ4n) is 1.26. The Labute approximate surface area is 98.4 Å². The van der Waals surface area contributed by atoms with E-state index in [-0.39, 0.29) is 4.88 Å². The number of aromatic nitrogens is 3. The largest absolute Gasteiger partial charge is 0.443 e. The van der Waals surface area contributed by atoms with Crippen molar-refractivity contribution in [2.24, 2.45) is 7.05 Å². The van der Waals surface area contributed by atoms with Crippen molar-refractivity contribution in [1.29, 1.82) is 0 Å². The van der Waals surface area contributed by atoms with Gasteiger partial charge in [-0.2, -0.15) is 13.2 Å². The number of nitrogens with zero attached hydrogens (tertiary/aromatic N) is 3. The number of aliphatic hydroxyl groups excluding tert-OH is 1. The fraction of sp³-hybridized carbons (Fsp3) is 0.333. The molecule has 2 aromatic heterocycles. The number of hydrogen-bond acceptors (Lipinski definition) is 4. The molecular weight excluding hydrogens is 255 g/mol. The molecule has 2 heterocycles. The topological polar surface area (TPSA) is 50.9 Å². The Balaban J connectivity index is 2.26. The molecule has 0 aliphatic heterocycles. The van der Waals surface area contributed by atoms with E-state index >= 15 is 0 Å². The molecule has 0 aromatic carbocycles. The van der Waals surface area contributed by atoms with Crippen LogP contribution in [0.3, 0.4) is 0 Å². The van der Waals surface area contributed by atoms with Crippen molar-refractivity contribution in [1.82, 2.24) is 14.5 Å². The molecule has 0 bridgehead atoms. The van der Waals surface area contributed by atoms with Crippen molar-refractivity contribution in [2.75, 3.05) is 0 Å². The van der Waals surface area contributed by atoms with E-state index in [1.165, 1.54) is 12.5 Å². The molecule has 8 heteroatoms. The van der Waals surface area contributed by atoms with E-state index in [1.54, 1.807) is 11.6 Å². The van der Waals surface area contributed by atoms with Crippen LogP contribution in [0, 0.1) is 0 Å². The normalized spacial score (nSPS) is 13.9. The maximum Gasteiger partial charge on any atom is 0.443 e. The molecule has 0 saturated carbocycles. The molecule has 0 saturated heterocycles. The van der Waals surface area contributed by atoms with Crippen LogP contribution in [-0.4, -0.2) is 19.6 Å². The first-order chi connectivity index (χ1) is 7.88. The van der Waals surface area contributed by atoms with Gasteiger partial charge in [-0.05, 0) is 0 Å². The van der Waals surface area contributed by atoms with Gasteiger partial charge in [-0.15, -0.1) is 11.3 Å². The molecule has 4 nitrogen and oxygen atoms in total. The number of rotatable bonds is 2. The van der Waals surface area contributed by atoms with Crippen LogP contribution in [-0.2, 0) is 13.2 Å². The summed E-state index contributed by atoms with van der Waals surface area (Å²) >= 11 is 0.417. The van der Waals surface area contributed by atoms with Crippen LogP contribution in [0.25, 0.3) is 0 Å². The van der Waals surface area contributed by atoms with Gasteiger partial charge in [0.25, 0.3) is 0 Å². The van der Waals surface area contributed by atoms with E-state index in [4.69, 9.17) is 0 Å². The van der Waals surface area contributed by atoms with Gasteiger partial charge < -0.3 is 9.67 Å². The van der Waals surface area contributed by atoms with E-state index in [9.17, 15) is 18.3 Å². The average Bonchev–Trinajstić information content (AvgIpc) is 2.83. The summed E-state index contributed by atoms with van der Waals surface area (Å²) in [6, 6.07) is 0. The first-order valence-corrected chi connectivity index (χ1v) is 5.38. The van der Waals surface area contributed by atoms with Crippen molar-refractivity contribution in [3.8, 4) is 0 Å². The lowest BCUT2D eigenvalue weighted by molar-refractivity contribution is -0.137. The summed E-state index contributed by atoms with van der Waals surface area (Å²) in [6.07, 6.45) is -1.63. The molecule has 0 amide bonds. The zero-order valence-electron chi connectivity index (χ0n) is 8.64. The highest BCUT2D eigenvalue weighted by Crippen LogP contribution is 2.35. The van der Waals surface area contributed by atoms with Crippen LogP contribution in [0.5, 0.6) is 0 Å². The van der Waals surface area contributed by atoms with Crippen LogP contribution < -0.4 is 0 Å². The summed E-state index contributed by atoms with van der Waals surface area (Å²) in [4.78, 5) is 7.24. The van der Waals surface area contributed by atoms with E-state index in [0.29, 0.717) is 17.0 Å². The summed E-state index contributed by atoms with van der Waals surface area (Å²) in [5.74, 6) is 0. The van der Waals surface area contributed by atoms with Gasteiger partial charge >= 0.3 is 6.18 Å². The molecule has 0 aliphatic rings. The van der Waals surface area contributed by atoms with Crippen molar-refractivity contribution in [2.45, 2.75) is 12.3 Å². The average molecular weight is 263 g/mol. The Bertz CT molecular complexity index is 520. The van der Waals surface area contributed by atoms with Gasteiger partial charge in [0.2, 0.25) is 0 Å². The second kappa shape index (κ2) is 4.11. The number of aryl methyl sites for hydroxylation is 1. The zero-order valence-corrected chi connectivity index (χ0v) is 9.46. The predicted octanol–water partition coefficient (Wildman–Crippen LogP) is 1.98. The van der Waals surface area contributed by atoms with Gasteiger partial charge in [-0.1, -0.05) is 0 Å². The van der Waals surface area contributed by atoms with Gasteiger partial charge in [-0.25, -0.2) is 9.97 Å². The first-order valence-electron chi connectivity index (χ1n) is 4.57. The fourth-order valence-corrected chi connectivity index (χ4v) is 2.05. The molecule has 0 aliphatic carbocycles. The Morgan fingerprint density at radius 3 is 2.59 bits per heavy atom. The van der Waals surface area contributed by atoms with E-state index < -0.39 is 17.3 Å². The number of halogens is 3. The lowest BCUT2D eigenvalue weighted by Crippen LogP contribution is -2.03. The minimum atomic E-state index is -4.48. The number of thiazole rings is 1. The molecule has 0 fully saturated rings. The second-order valence-corrected chi connectivity index (χ2v) is 4.49. The minimum Gasteiger partial charge on any atom is -0.381 e. The monoisotopic (exact) mass is 263 g/mol. The lowest BCUT2D eigenvalue weighted by atomic mass is 10.2. The predicted molar refractivity (Wildman–Crippen MR) is 54.4 cm³/mol. The highest BCUT2D eigenvalue weighted by atomic mass is 32.1. The molecule has 1 unspecified atom stereocenters. The van der Waals surface area contributed by atoms with Crippen LogP contribution >= 0.6 is 11.3 Å². The van der Waals surface area contributed by atoms with E-state index in [1.807, 2.05) is 0 Å². The third kappa shape index (κ3) is 2.47. The number of hydrogen-bond donors (Lipinski definition) is 1.